The zero-order chi connectivity index (χ0) is 25.4. The van der Waals surface area contributed by atoms with Crippen molar-refractivity contribution in [3.63, 3.8) is 0 Å². The lowest BCUT2D eigenvalue weighted by Crippen LogP contribution is -2.44. The summed E-state index contributed by atoms with van der Waals surface area (Å²) in [6, 6.07) is 6.63. The van der Waals surface area contributed by atoms with Crippen molar-refractivity contribution in [3.8, 4) is 0 Å². The van der Waals surface area contributed by atoms with Crippen LogP contribution in [0.2, 0.25) is 0 Å². The fraction of sp³-hybridized carbons (Fsp3) is 0.389. The van der Waals surface area contributed by atoms with Gasteiger partial charge in [-0.1, -0.05) is 12.1 Å². The number of pyridine rings is 1. The van der Waals surface area contributed by atoms with Crippen LogP contribution >= 0.6 is 0 Å². The Morgan fingerprint density at radius 1 is 0.941 bits per heavy atom. The lowest BCUT2D eigenvalue weighted by Gasteiger charge is -2.31. The third kappa shape index (κ3) is 5.25. The van der Waals surface area contributed by atoms with Crippen LogP contribution in [0.1, 0.15) is 12.8 Å². The number of piperidine rings is 1. The Morgan fingerprint density at radius 3 is 2.12 bits per heavy atom. The molecule has 34 heavy (non-hydrogen) atoms. The number of hydrogen-bond acceptors (Lipinski definition) is 7. The first-order valence-electron chi connectivity index (χ1n) is 9.68. The van der Waals surface area contributed by atoms with E-state index in [1.165, 1.54) is 22.9 Å². The molecule has 1 aromatic heterocycles. The highest BCUT2D eigenvalue weighted by atomic mass is 32.2. The minimum atomic E-state index is -5.52. The van der Waals surface area contributed by atoms with E-state index < -0.39 is 68.5 Å². The van der Waals surface area contributed by atoms with Crippen LogP contribution in [0.4, 0.5) is 17.6 Å². The van der Waals surface area contributed by atoms with Crippen LogP contribution in [0.5, 0.6) is 0 Å². The molecular weight excluding hydrogens is 526 g/mol. The van der Waals surface area contributed by atoms with Crippen molar-refractivity contribution in [2.75, 3.05) is 19.6 Å². The second kappa shape index (κ2) is 9.49. The van der Waals surface area contributed by atoms with Crippen molar-refractivity contribution in [2.24, 2.45) is 5.92 Å². The second-order valence-electron chi connectivity index (χ2n) is 7.39. The van der Waals surface area contributed by atoms with Gasteiger partial charge >= 0.3 is 15.5 Å². The van der Waals surface area contributed by atoms with Gasteiger partial charge in [0.2, 0.25) is 19.9 Å². The molecule has 9 nitrogen and oxygen atoms in total. The van der Waals surface area contributed by atoms with Crippen molar-refractivity contribution in [3.05, 3.63) is 48.4 Å². The number of aromatic nitrogens is 1. The number of sulfonamides is 2. The van der Waals surface area contributed by atoms with Crippen LogP contribution in [0.3, 0.4) is 0 Å². The van der Waals surface area contributed by atoms with Gasteiger partial charge in [0.05, 0.1) is 0 Å². The Balaban J connectivity index is 1.81. The molecule has 1 saturated heterocycles. The average molecular weight is 546 g/mol. The quantitative estimate of drug-likeness (QED) is 0.526. The number of benzene rings is 1. The van der Waals surface area contributed by atoms with Crippen LogP contribution in [0.15, 0.2) is 57.4 Å². The Hall–Kier alpha value is -2.14. The minimum Gasteiger partial charge on any atom is -0.243 e. The predicted octanol–water partition coefficient (Wildman–Crippen LogP) is 1.89. The summed E-state index contributed by atoms with van der Waals surface area (Å²) in [6.07, 6.45) is 1.09. The number of halogens is 4. The molecule has 0 aliphatic carbocycles. The van der Waals surface area contributed by atoms with E-state index in [4.69, 9.17) is 0 Å². The third-order valence-electron chi connectivity index (χ3n) is 5.18. The van der Waals surface area contributed by atoms with Gasteiger partial charge in [-0.25, -0.2) is 39.3 Å². The van der Waals surface area contributed by atoms with E-state index in [0.29, 0.717) is 0 Å². The van der Waals surface area contributed by atoms with E-state index in [2.05, 4.69) is 4.98 Å². The zero-order valence-electron chi connectivity index (χ0n) is 17.2. The number of nitrogens with zero attached hydrogens (tertiary/aromatic N) is 2. The van der Waals surface area contributed by atoms with Gasteiger partial charge < -0.3 is 0 Å². The molecule has 0 radical (unpaired) electrons. The maximum Gasteiger partial charge on any atom is 0.511 e. The van der Waals surface area contributed by atoms with Gasteiger partial charge in [-0.05, 0) is 43.0 Å². The molecule has 1 fully saturated rings. The van der Waals surface area contributed by atoms with E-state index in [1.807, 2.05) is 0 Å². The molecule has 1 aliphatic heterocycles. The summed E-state index contributed by atoms with van der Waals surface area (Å²) in [5.41, 5.74) is -5.46. The zero-order valence-corrected chi connectivity index (χ0v) is 19.7. The van der Waals surface area contributed by atoms with Crippen LogP contribution < -0.4 is 4.72 Å². The summed E-state index contributed by atoms with van der Waals surface area (Å²) >= 11 is 0. The van der Waals surface area contributed by atoms with Crippen molar-refractivity contribution in [1.82, 2.24) is 14.0 Å². The van der Waals surface area contributed by atoms with Crippen LogP contribution in [0.25, 0.3) is 0 Å². The fourth-order valence-corrected chi connectivity index (χ4v) is 7.42. The largest absolute Gasteiger partial charge is 0.511 e. The number of hydrogen-bond donors (Lipinski definition) is 1. The van der Waals surface area contributed by atoms with Gasteiger partial charge in [-0.3, -0.25) is 0 Å². The maximum absolute atomic E-state index is 14.1. The van der Waals surface area contributed by atoms with Crippen LogP contribution in [-0.4, -0.2) is 59.7 Å². The lowest BCUT2D eigenvalue weighted by atomic mass is 9.99. The fourth-order valence-electron chi connectivity index (χ4n) is 3.34. The highest BCUT2D eigenvalue weighted by molar-refractivity contribution is 7.93. The van der Waals surface area contributed by atoms with Gasteiger partial charge in [-0.2, -0.15) is 17.5 Å². The number of rotatable bonds is 7. The molecule has 0 bridgehead atoms. The Labute approximate surface area is 193 Å². The monoisotopic (exact) mass is 545 g/mol. The normalized spacial score (nSPS) is 17.1. The molecule has 0 saturated carbocycles. The van der Waals surface area contributed by atoms with E-state index in [9.17, 15) is 42.8 Å². The van der Waals surface area contributed by atoms with Gasteiger partial charge in [0.25, 0.3) is 0 Å². The van der Waals surface area contributed by atoms with Crippen molar-refractivity contribution in [2.45, 2.75) is 33.2 Å². The van der Waals surface area contributed by atoms with E-state index in [1.54, 1.807) is 0 Å². The standard InChI is InChI=1S/C18H19F4N3O6S3/c19-14-4-1-2-5-15(14)32(26,27)17-16(6-3-9-23-17)33(28,29)25-10-7-13(8-11-25)12-24-34(30,31)18(20,21)22/h1-6,9,13,24H,7-8,10-12H2. The molecular formula is C18H19F4N3O6S3. The van der Waals surface area contributed by atoms with Gasteiger partial charge in [0.1, 0.15) is 15.6 Å². The molecule has 0 amide bonds. The Bertz CT molecular complexity index is 1370. The topological polar surface area (TPSA) is 131 Å². The summed E-state index contributed by atoms with van der Waals surface area (Å²) in [6.45, 7) is -0.931. The molecule has 0 atom stereocenters. The molecule has 188 valence electrons. The van der Waals surface area contributed by atoms with Crippen LogP contribution in [0, 0.1) is 11.7 Å². The summed E-state index contributed by atoms with van der Waals surface area (Å²) in [5.74, 6) is -1.65. The van der Waals surface area contributed by atoms with Crippen molar-refractivity contribution < 1.29 is 42.8 Å². The highest BCUT2D eigenvalue weighted by Gasteiger charge is 2.46. The van der Waals surface area contributed by atoms with Crippen molar-refractivity contribution in [1.29, 1.82) is 0 Å². The van der Waals surface area contributed by atoms with Gasteiger partial charge in [0.15, 0.2) is 5.03 Å². The smallest absolute Gasteiger partial charge is 0.243 e. The van der Waals surface area contributed by atoms with E-state index in [0.717, 1.165) is 28.7 Å². The van der Waals surface area contributed by atoms with Gasteiger partial charge in [-0.15, -0.1) is 0 Å². The minimum absolute atomic E-state index is 0.0231. The summed E-state index contributed by atoms with van der Waals surface area (Å²) in [4.78, 5) is 2.26. The first-order chi connectivity index (χ1) is 15.7. The number of nitrogens with one attached hydrogen (secondary N) is 1. The van der Waals surface area contributed by atoms with E-state index >= 15 is 0 Å². The maximum atomic E-state index is 14.1. The Morgan fingerprint density at radius 2 is 1.53 bits per heavy atom. The molecule has 3 rings (SSSR count). The molecule has 1 aromatic carbocycles. The molecule has 1 aliphatic rings. The SMILES string of the molecule is O=S(=O)(c1ccccc1F)c1ncccc1S(=O)(=O)N1CCC(CNS(=O)(=O)C(F)(F)F)CC1. The molecule has 1 N–H and O–H groups in total. The number of sulfone groups is 1. The first-order valence-corrected chi connectivity index (χ1v) is 14.1. The van der Waals surface area contributed by atoms with Crippen LogP contribution in [-0.2, 0) is 29.9 Å². The lowest BCUT2D eigenvalue weighted by molar-refractivity contribution is -0.0448. The summed E-state index contributed by atoms with van der Waals surface area (Å²) < 4.78 is 129. The summed E-state index contributed by atoms with van der Waals surface area (Å²) in [5, 5.41) is -0.861. The van der Waals surface area contributed by atoms with E-state index in [-0.39, 0.29) is 25.9 Å². The molecule has 0 unspecified atom stereocenters. The molecule has 2 heterocycles. The summed E-state index contributed by atoms with van der Waals surface area (Å²) in [7, 11) is -14.6. The molecule has 2 aromatic rings. The average Bonchev–Trinajstić information content (AvgIpc) is 2.77. The Kier molecular flexibility index (Phi) is 7.38. The highest BCUT2D eigenvalue weighted by Crippen LogP contribution is 2.31. The van der Waals surface area contributed by atoms with Crippen molar-refractivity contribution >= 4 is 29.9 Å². The van der Waals surface area contributed by atoms with Gasteiger partial charge in [0, 0.05) is 25.8 Å². The first kappa shape index (κ1) is 26.5. The third-order valence-corrected chi connectivity index (χ3v) is 10.1. The molecule has 0 spiro atoms. The molecule has 16 heteroatoms. The number of alkyl halides is 3. The predicted molar refractivity (Wildman–Crippen MR) is 111 cm³/mol. The second-order valence-corrected chi connectivity index (χ2v) is 12.9.